The lowest BCUT2D eigenvalue weighted by Crippen LogP contribution is -2.38. The van der Waals surface area contributed by atoms with Gasteiger partial charge in [0.1, 0.15) is 0 Å². The Balaban J connectivity index is 1.53. The molecule has 0 radical (unpaired) electrons. The molecular formula is C19H30N2O2S. The van der Waals surface area contributed by atoms with E-state index in [2.05, 4.69) is 17.1 Å². The van der Waals surface area contributed by atoms with Gasteiger partial charge in [-0.25, -0.2) is 0 Å². The predicted octanol–water partition coefficient (Wildman–Crippen LogP) is 3.19. The summed E-state index contributed by atoms with van der Waals surface area (Å²) in [4.78, 5) is 15.9. The number of hydrogen-bond acceptors (Lipinski definition) is 4. The van der Waals surface area contributed by atoms with Crippen molar-refractivity contribution in [2.45, 2.75) is 57.6 Å². The monoisotopic (exact) mass is 350 g/mol. The molecule has 4 nitrogen and oxygen atoms in total. The van der Waals surface area contributed by atoms with Gasteiger partial charge in [-0.1, -0.05) is 13.0 Å². The zero-order valence-electron chi connectivity index (χ0n) is 14.6. The van der Waals surface area contributed by atoms with Crippen LogP contribution in [0.5, 0.6) is 0 Å². The van der Waals surface area contributed by atoms with Crippen LogP contribution in [0.4, 0.5) is 0 Å². The number of nitrogens with zero attached hydrogens (tertiary/aromatic N) is 1. The standard InChI is InChI=1S/C19H30N2O2S/c1-14(15-6-8-20-9-7-15)12-19(23)21-10-2-4-16(21)13-17(22)18-5-3-11-24-18/h3,5,11,14-17,20,22H,2,4,6-10,12-13H2,1H3. The van der Waals surface area contributed by atoms with E-state index >= 15 is 0 Å². The summed E-state index contributed by atoms with van der Waals surface area (Å²) in [6, 6.07) is 4.16. The molecule has 5 heteroatoms. The third kappa shape index (κ3) is 4.38. The molecule has 0 aliphatic carbocycles. The summed E-state index contributed by atoms with van der Waals surface area (Å²) < 4.78 is 0. The van der Waals surface area contributed by atoms with E-state index in [4.69, 9.17) is 0 Å². The maximum Gasteiger partial charge on any atom is 0.223 e. The Bertz CT molecular complexity index is 513. The average Bonchev–Trinajstić information content (AvgIpc) is 3.27. The van der Waals surface area contributed by atoms with Gasteiger partial charge in [-0.15, -0.1) is 11.3 Å². The van der Waals surface area contributed by atoms with Crippen molar-refractivity contribution in [2.75, 3.05) is 19.6 Å². The number of likely N-dealkylation sites (tertiary alicyclic amines) is 1. The topological polar surface area (TPSA) is 52.6 Å². The fourth-order valence-corrected chi connectivity index (χ4v) is 4.96. The highest BCUT2D eigenvalue weighted by molar-refractivity contribution is 7.10. The van der Waals surface area contributed by atoms with E-state index < -0.39 is 6.10 Å². The van der Waals surface area contributed by atoms with Crippen molar-refractivity contribution in [1.29, 1.82) is 0 Å². The van der Waals surface area contributed by atoms with E-state index in [9.17, 15) is 9.90 Å². The largest absolute Gasteiger partial charge is 0.387 e. The van der Waals surface area contributed by atoms with E-state index in [1.54, 1.807) is 11.3 Å². The van der Waals surface area contributed by atoms with Crippen molar-refractivity contribution in [3.8, 4) is 0 Å². The molecule has 24 heavy (non-hydrogen) atoms. The molecule has 2 aliphatic heterocycles. The van der Waals surface area contributed by atoms with Gasteiger partial charge in [-0.05, 0) is 68.5 Å². The van der Waals surface area contributed by atoms with Crippen LogP contribution < -0.4 is 5.32 Å². The van der Waals surface area contributed by atoms with Gasteiger partial charge in [0.15, 0.2) is 0 Å². The fraction of sp³-hybridized carbons (Fsp3) is 0.737. The van der Waals surface area contributed by atoms with Crippen molar-refractivity contribution in [1.82, 2.24) is 10.2 Å². The summed E-state index contributed by atoms with van der Waals surface area (Å²) >= 11 is 1.59. The number of carbonyl (C=O) groups excluding carboxylic acids is 1. The van der Waals surface area contributed by atoms with Crippen LogP contribution in [-0.4, -0.2) is 41.6 Å². The first kappa shape index (κ1) is 17.9. The number of hydrogen-bond donors (Lipinski definition) is 2. The Hall–Kier alpha value is -0.910. The Morgan fingerprint density at radius 3 is 2.92 bits per heavy atom. The van der Waals surface area contributed by atoms with Gasteiger partial charge in [-0.3, -0.25) is 4.79 Å². The Labute approximate surface area is 149 Å². The molecule has 3 unspecified atom stereocenters. The number of rotatable bonds is 6. The molecule has 0 aromatic carbocycles. The average molecular weight is 351 g/mol. The minimum Gasteiger partial charge on any atom is -0.387 e. The summed E-state index contributed by atoms with van der Waals surface area (Å²) in [5.74, 6) is 1.43. The highest BCUT2D eigenvalue weighted by atomic mass is 32.1. The molecule has 1 aromatic heterocycles. The molecule has 3 rings (SSSR count). The quantitative estimate of drug-likeness (QED) is 0.828. The molecule has 1 aromatic rings. The lowest BCUT2D eigenvalue weighted by molar-refractivity contribution is -0.133. The number of aliphatic hydroxyl groups is 1. The Morgan fingerprint density at radius 1 is 1.42 bits per heavy atom. The van der Waals surface area contributed by atoms with Gasteiger partial charge in [0.2, 0.25) is 5.91 Å². The summed E-state index contributed by atoms with van der Waals surface area (Å²) in [5.41, 5.74) is 0. The van der Waals surface area contributed by atoms with E-state index in [0.29, 0.717) is 30.6 Å². The first-order valence-corrected chi connectivity index (χ1v) is 10.2. The summed E-state index contributed by atoms with van der Waals surface area (Å²) in [5, 5.41) is 15.8. The van der Waals surface area contributed by atoms with Gasteiger partial charge < -0.3 is 15.3 Å². The second-order valence-electron chi connectivity index (χ2n) is 7.42. The molecule has 1 amide bonds. The third-order valence-electron chi connectivity index (χ3n) is 5.75. The van der Waals surface area contributed by atoms with Crippen LogP contribution >= 0.6 is 11.3 Å². The first-order valence-electron chi connectivity index (χ1n) is 9.37. The Kier molecular flexibility index (Phi) is 6.31. The summed E-state index contributed by atoms with van der Waals surface area (Å²) in [6.45, 7) is 5.27. The first-order chi connectivity index (χ1) is 11.6. The van der Waals surface area contributed by atoms with Crippen LogP contribution in [0.15, 0.2) is 17.5 Å². The highest BCUT2D eigenvalue weighted by Crippen LogP contribution is 2.31. The number of carbonyl (C=O) groups is 1. The second kappa shape index (κ2) is 8.45. The maximum absolute atomic E-state index is 12.8. The van der Waals surface area contributed by atoms with E-state index in [-0.39, 0.29) is 6.04 Å². The maximum atomic E-state index is 12.8. The van der Waals surface area contributed by atoms with E-state index in [1.807, 2.05) is 17.5 Å². The van der Waals surface area contributed by atoms with Gasteiger partial charge in [0, 0.05) is 23.9 Å². The van der Waals surface area contributed by atoms with Crippen molar-refractivity contribution in [3.05, 3.63) is 22.4 Å². The third-order valence-corrected chi connectivity index (χ3v) is 6.72. The zero-order valence-corrected chi connectivity index (χ0v) is 15.4. The van der Waals surface area contributed by atoms with E-state index in [1.165, 1.54) is 12.8 Å². The molecular weight excluding hydrogens is 320 g/mol. The summed E-state index contributed by atoms with van der Waals surface area (Å²) in [6.07, 6.45) is 5.37. The molecule has 0 saturated carbocycles. The number of nitrogens with one attached hydrogen (secondary N) is 1. The highest BCUT2D eigenvalue weighted by Gasteiger charge is 2.32. The normalized spacial score (nSPS) is 24.9. The predicted molar refractivity (Wildman–Crippen MR) is 98.0 cm³/mol. The number of aliphatic hydroxyl groups excluding tert-OH is 1. The molecule has 0 spiro atoms. The van der Waals surface area contributed by atoms with Gasteiger partial charge in [-0.2, -0.15) is 0 Å². The fourth-order valence-electron chi connectivity index (χ4n) is 4.24. The smallest absolute Gasteiger partial charge is 0.223 e. The van der Waals surface area contributed by atoms with Gasteiger partial charge in [0.25, 0.3) is 0 Å². The number of piperidine rings is 1. The molecule has 2 N–H and O–H groups in total. The van der Waals surface area contributed by atoms with Crippen LogP contribution in [0.3, 0.4) is 0 Å². The molecule has 134 valence electrons. The van der Waals surface area contributed by atoms with Gasteiger partial charge >= 0.3 is 0 Å². The summed E-state index contributed by atoms with van der Waals surface area (Å²) in [7, 11) is 0. The molecule has 2 fully saturated rings. The zero-order chi connectivity index (χ0) is 16.9. The molecule has 2 saturated heterocycles. The molecule has 3 heterocycles. The Morgan fingerprint density at radius 2 is 2.21 bits per heavy atom. The number of amides is 1. The SMILES string of the molecule is CC(CC(=O)N1CCCC1CC(O)c1cccs1)C1CCNCC1. The molecule has 2 aliphatic rings. The molecule has 0 bridgehead atoms. The molecule has 3 atom stereocenters. The van der Waals surface area contributed by atoms with Crippen molar-refractivity contribution in [2.24, 2.45) is 11.8 Å². The lowest BCUT2D eigenvalue weighted by atomic mass is 9.84. The van der Waals surface area contributed by atoms with Crippen molar-refractivity contribution < 1.29 is 9.90 Å². The van der Waals surface area contributed by atoms with Crippen LogP contribution in [0.1, 0.15) is 56.4 Å². The van der Waals surface area contributed by atoms with Crippen LogP contribution in [0, 0.1) is 11.8 Å². The van der Waals surface area contributed by atoms with E-state index in [0.717, 1.165) is 37.4 Å². The van der Waals surface area contributed by atoms with Crippen molar-refractivity contribution >= 4 is 17.2 Å². The van der Waals surface area contributed by atoms with Crippen LogP contribution in [-0.2, 0) is 4.79 Å². The lowest BCUT2D eigenvalue weighted by Gasteiger charge is -2.31. The number of thiophene rings is 1. The van der Waals surface area contributed by atoms with Crippen molar-refractivity contribution in [3.63, 3.8) is 0 Å². The van der Waals surface area contributed by atoms with Gasteiger partial charge in [0.05, 0.1) is 6.10 Å². The second-order valence-corrected chi connectivity index (χ2v) is 8.40. The van der Waals surface area contributed by atoms with Crippen LogP contribution in [0.2, 0.25) is 0 Å². The minimum absolute atomic E-state index is 0.204. The minimum atomic E-state index is -0.440. The van der Waals surface area contributed by atoms with Crippen LogP contribution in [0.25, 0.3) is 0 Å².